The molecule has 2 aromatic heterocycles. The zero-order valence-corrected chi connectivity index (χ0v) is 12.6. The Kier molecular flexibility index (Phi) is 6.03. The number of pyridine rings is 2. The molecule has 0 fully saturated rings. The predicted molar refractivity (Wildman–Crippen MR) is 93.6 cm³/mol. The third-order valence-electron chi connectivity index (χ3n) is 3.10. The van der Waals surface area contributed by atoms with Crippen LogP contribution in [0.3, 0.4) is 0 Å². The zero-order chi connectivity index (χ0) is 15.6. The van der Waals surface area contributed by atoms with E-state index >= 15 is 0 Å². The summed E-state index contributed by atoms with van der Waals surface area (Å²) in [4.78, 5) is 8.03. The Morgan fingerprint density at radius 2 is 0.909 bits per heavy atom. The molecule has 110 valence electrons. The number of rotatable bonds is 0. The highest BCUT2D eigenvalue weighted by Crippen LogP contribution is 2.10. The van der Waals surface area contributed by atoms with Crippen LogP contribution in [0.2, 0.25) is 0 Å². The second-order valence-corrected chi connectivity index (χ2v) is 4.45. The quantitative estimate of drug-likeness (QED) is 0.531. The van der Waals surface area contributed by atoms with E-state index in [-0.39, 0.29) is 0 Å². The summed E-state index contributed by atoms with van der Waals surface area (Å²) in [5, 5.41) is 4.89. The second kappa shape index (κ2) is 8.49. The summed E-state index contributed by atoms with van der Waals surface area (Å²) in [6.45, 7) is 0. The Bertz CT molecular complexity index is 626. The second-order valence-electron chi connectivity index (χ2n) is 4.45. The standard InChI is InChI=1S/2C9H7N.CH5N/c2*1-2-4-9-7-10-6-5-8(9)3-1;1-2/h2*1-7H;2H2,1H3. The third-order valence-corrected chi connectivity index (χ3v) is 3.10. The Hall–Kier alpha value is -2.78. The highest BCUT2D eigenvalue weighted by Gasteiger charge is 1.86. The minimum atomic E-state index is 1.20. The number of benzene rings is 2. The first-order valence-corrected chi connectivity index (χ1v) is 7.09. The van der Waals surface area contributed by atoms with Crippen LogP contribution in [0.4, 0.5) is 0 Å². The molecule has 0 amide bonds. The van der Waals surface area contributed by atoms with Crippen LogP contribution in [0.1, 0.15) is 0 Å². The summed E-state index contributed by atoms with van der Waals surface area (Å²) in [5.41, 5.74) is 4.50. The van der Waals surface area contributed by atoms with Crippen LogP contribution >= 0.6 is 0 Å². The molecule has 22 heavy (non-hydrogen) atoms. The molecule has 0 aliphatic heterocycles. The lowest BCUT2D eigenvalue weighted by Crippen LogP contribution is -1.71. The maximum atomic E-state index is 4.50. The highest BCUT2D eigenvalue weighted by atomic mass is 14.6. The molecular formula is C19H19N3. The van der Waals surface area contributed by atoms with Gasteiger partial charge in [-0.3, -0.25) is 9.97 Å². The molecule has 0 atom stereocenters. The van der Waals surface area contributed by atoms with Gasteiger partial charge in [-0.1, -0.05) is 48.5 Å². The molecule has 0 saturated carbocycles. The van der Waals surface area contributed by atoms with Gasteiger partial charge in [-0.05, 0) is 40.7 Å². The molecule has 0 spiro atoms. The number of fused-ring (bicyclic) bond motifs is 2. The molecule has 0 aliphatic rings. The molecule has 0 unspecified atom stereocenters. The SMILES string of the molecule is CN.c1ccc2cnccc2c1.c1ccc2cnccc2c1. The van der Waals surface area contributed by atoms with Gasteiger partial charge in [0.1, 0.15) is 0 Å². The molecule has 4 rings (SSSR count). The van der Waals surface area contributed by atoms with E-state index in [1.54, 1.807) is 0 Å². The van der Waals surface area contributed by atoms with E-state index in [2.05, 4.69) is 40.0 Å². The average molecular weight is 289 g/mol. The molecule has 3 nitrogen and oxygen atoms in total. The molecule has 0 aliphatic carbocycles. The van der Waals surface area contributed by atoms with Gasteiger partial charge in [0.15, 0.2) is 0 Å². The van der Waals surface area contributed by atoms with Gasteiger partial charge in [0.05, 0.1) is 0 Å². The summed E-state index contributed by atoms with van der Waals surface area (Å²) in [7, 11) is 1.50. The van der Waals surface area contributed by atoms with Crippen LogP contribution in [0, 0.1) is 0 Å². The van der Waals surface area contributed by atoms with E-state index in [1.165, 1.54) is 28.6 Å². The molecule has 0 radical (unpaired) electrons. The molecule has 0 saturated heterocycles. The van der Waals surface area contributed by atoms with Gasteiger partial charge < -0.3 is 5.73 Å². The lowest BCUT2D eigenvalue weighted by Gasteiger charge is -1.91. The molecule has 2 aromatic carbocycles. The molecule has 3 heteroatoms. The fourth-order valence-electron chi connectivity index (χ4n) is 2.05. The Morgan fingerprint density at radius 1 is 0.545 bits per heavy atom. The van der Waals surface area contributed by atoms with Gasteiger partial charge >= 0.3 is 0 Å². The third kappa shape index (κ3) is 4.11. The lowest BCUT2D eigenvalue weighted by molar-refractivity contribution is 1.36. The number of hydrogen-bond acceptors (Lipinski definition) is 3. The number of nitrogens with two attached hydrogens (primary N) is 1. The van der Waals surface area contributed by atoms with E-state index in [4.69, 9.17) is 0 Å². The first-order valence-electron chi connectivity index (χ1n) is 7.09. The summed E-state index contributed by atoms with van der Waals surface area (Å²) >= 11 is 0. The van der Waals surface area contributed by atoms with Crippen molar-refractivity contribution in [2.24, 2.45) is 5.73 Å². The zero-order valence-electron chi connectivity index (χ0n) is 12.6. The van der Waals surface area contributed by atoms with Crippen LogP contribution in [-0.4, -0.2) is 17.0 Å². The predicted octanol–water partition coefficient (Wildman–Crippen LogP) is 4.04. The number of aromatic nitrogens is 2. The van der Waals surface area contributed by atoms with E-state index in [9.17, 15) is 0 Å². The Morgan fingerprint density at radius 3 is 1.27 bits per heavy atom. The van der Waals surface area contributed by atoms with E-state index in [0.717, 1.165) is 0 Å². The Labute approximate surface area is 130 Å². The number of nitrogens with zero attached hydrogens (tertiary/aromatic N) is 2. The van der Waals surface area contributed by atoms with E-state index in [0.29, 0.717) is 0 Å². The van der Waals surface area contributed by atoms with Crippen LogP contribution in [0.25, 0.3) is 21.5 Å². The van der Waals surface area contributed by atoms with Gasteiger partial charge in [0.2, 0.25) is 0 Å². The molecule has 2 heterocycles. The van der Waals surface area contributed by atoms with Crippen molar-refractivity contribution in [3.63, 3.8) is 0 Å². The van der Waals surface area contributed by atoms with Crippen molar-refractivity contribution >= 4 is 21.5 Å². The summed E-state index contributed by atoms with van der Waals surface area (Å²) < 4.78 is 0. The minimum absolute atomic E-state index is 1.20. The lowest BCUT2D eigenvalue weighted by atomic mass is 10.2. The molecular weight excluding hydrogens is 270 g/mol. The van der Waals surface area contributed by atoms with E-state index in [1.807, 2.05) is 61.2 Å². The van der Waals surface area contributed by atoms with Gasteiger partial charge in [-0.15, -0.1) is 0 Å². The van der Waals surface area contributed by atoms with Gasteiger partial charge in [-0.25, -0.2) is 0 Å². The largest absolute Gasteiger partial charge is 0.333 e. The summed E-state index contributed by atoms with van der Waals surface area (Å²) in [6, 6.07) is 20.4. The fourth-order valence-corrected chi connectivity index (χ4v) is 2.05. The van der Waals surface area contributed by atoms with Crippen molar-refractivity contribution in [2.75, 3.05) is 7.05 Å². The Balaban J connectivity index is 0.000000144. The first kappa shape index (κ1) is 15.6. The van der Waals surface area contributed by atoms with Crippen LogP contribution < -0.4 is 5.73 Å². The van der Waals surface area contributed by atoms with E-state index < -0.39 is 0 Å². The van der Waals surface area contributed by atoms with Crippen LogP contribution in [-0.2, 0) is 0 Å². The smallest absolute Gasteiger partial charge is 0.0346 e. The number of hydrogen-bond donors (Lipinski definition) is 1. The van der Waals surface area contributed by atoms with Crippen LogP contribution in [0.15, 0.2) is 85.5 Å². The van der Waals surface area contributed by atoms with Crippen molar-refractivity contribution in [1.82, 2.24) is 9.97 Å². The molecule has 2 N–H and O–H groups in total. The summed E-state index contributed by atoms with van der Waals surface area (Å²) in [6.07, 6.45) is 7.36. The van der Waals surface area contributed by atoms with Crippen molar-refractivity contribution in [3.8, 4) is 0 Å². The van der Waals surface area contributed by atoms with Crippen molar-refractivity contribution < 1.29 is 0 Å². The van der Waals surface area contributed by atoms with Gasteiger partial charge in [0.25, 0.3) is 0 Å². The minimum Gasteiger partial charge on any atom is -0.333 e. The highest BCUT2D eigenvalue weighted by molar-refractivity contribution is 5.81. The maximum absolute atomic E-state index is 4.50. The van der Waals surface area contributed by atoms with Gasteiger partial charge in [0, 0.05) is 24.8 Å². The molecule has 4 aromatic rings. The fraction of sp³-hybridized carbons (Fsp3) is 0.0526. The van der Waals surface area contributed by atoms with Crippen molar-refractivity contribution in [1.29, 1.82) is 0 Å². The topological polar surface area (TPSA) is 51.8 Å². The van der Waals surface area contributed by atoms with Crippen LogP contribution in [0.5, 0.6) is 0 Å². The normalized spacial score (nSPS) is 9.36. The van der Waals surface area contributed by atoms with Crippen molar-refractivity contribution in [2.45, 2.75) is 0 Å². The monoisotopic (exact) mass is 289 g/mol. The van der Waals surface area contributed by atoms with Crippen molar-refractivity contribution in [3.05, 3.63) is 85.5 Å². The maximum Gasteiger partial charge on any atom is 0.0346 e. The average Bonchev–Trinajstić information content (AvgIpc) is 2.64. The van der Waals surface area contributed by atoms with Gasteiger partial charge in [-0.2, -0.15) is 0 Å². The first-order chi connectivity index (χ1) is 10.9. The summed E-state index contributed by atoms with van der Waals surface area (Å²) in [5.74, 6) is 0. The molecule has 0 bridgehead atoms.